The summed E-state index contributed by atoms with van der Waals surface area (Å²) < 4.78 is 71.7. The first-order valence-electron chi connectivity index (χ1n) is 9.23. The number of amides is 1. The zero-order valence-corrected chi connectivity index (χ0v) is 17.0. The third-order valence-electron chi connectivity index (χ3n) is 4.93. The molecule has 0 radical (unpaired) electrons. The molecule has 0 saturated carbocycles. The van der Waals surface area contributed by atoms with E-state index in [4.69, 9.17) is 4.74 Å². The molecular formula is C20H21F3N2O4S. The van der Waals surface area contributed by atoms with Crippen LogP contribution in [0.25, 0.3) is 0 Å². The third kappa shape index (κ3) is 4.86. The Hall–Kier alpha value is -2.75. The summed E-state index contributed by atoms with van der Waals surface area (Å²) in [7, 11) is -2.53. The van der Waals surface area contributed by atoms with Gasteiger partial charge in [0, 0.05) is 18.7 Å². The van der Waals surface area contributed by atoms with Crippen LogP contribution in [0.1, 0.15) is 23.2 Å². The number of rotatable bonds is 5. The van der Waals surface area contributed by atoms with Crippen molar-refractivity contribution in [1.82, 2.24) is 4.90 Å². The second-order valence-corrected chi connectivity index (χ2v) is 8.64. The Balaban J connectivity index is 1.74. The molecule has 3 rings (SSSR count). The van der Waals surface area contributed by atoms with Crippen molar-refractivity contribution in [2.45, 2.75) is 23.9 Å². The summed E-state index contributed by atoms with van der Waals surface area (Å²) in [6.45, 7) is -0.154. The van der Waals surface area contributed by atoms with Gasteiger partial charge in [-0.3, -0.25) is 9.52 Å². The lowest BCUT2D eigenvalue weighted by Crippen LogP contribution is -2.44. The van der Waals surface area contributed by atoms with E-state index < -0.39 is 34.6 Å². The number of nitrogens with one attached hydrogen (secondary N) is 1. The van der Waals surface area contributed by atoms with E-state index >= 15 is 0 Å². The number of halogens is 3. The molecular weight excluding hydrogens is 421 g/mol. The molecule has 2 aromatic rings. The minimum atomic E-state index is -4.35. The highest BCUT2D eigenvalue weighted by molar-refractivity contribution is 7.92. The zero-order valence-electron chi connectivity index (χ0n) is 16.1. The van der Waals surface area contributed by atoms with Crippen molar-refractivity contribution < 1.29 is 31.1 Å². The molecule has 0 unspecified atom stereocenters. The van der Waals surface area contributed by atoms with Gasteiger partial charge in [0.1, 0.15) is 5.75 Å². The average Bonchev–Trinajstić information content (AvgIpc) is 2.73. The largest absolute Gasteiger partial charge is 0.495 e. The van der Waals surface area contributed by atoms with Crippen LogP contribution in [-0.2, 0) is 10.0 Å². The highest BCUT2D eigenvalue weighted by atomic mass is 32.2. The number of carbonyl (C=O) groups excluding carboxylic acids is 1. The smallest absolute Gasteiger partial charge is 0.393 e. The molecule has 1 saturated heterocycles. The van der Waals surface area contributed by atoms with E-state index in [0.29, 0.717) is 5.75 Å². The number of ether oxygens (including phenoxy) is 1. The van der Waals surface area contributed by atoms with Crippen molar-refractivity contribution in [1.29, 1.82) is 0 Å². The first kappa shape index (κ1) is 21.9. The van der Waals surface area contributed by atoms with Gasteiger partial charge in [0.15, 0.2) is 0 Å². The van der Waals surface area contributed by atoms with Gasteiger partial charge < -0.3 is 9.64 Å². The molecule has 1 amide bonds. The van der Waals surface area contributed by atoms with E-state index in [0.717, 1.165) is 4.90 Å². The van der Waals surface area contributed by atoms with Gasteiger partial charge in [-0.1, -0.05) is 12.1 Å². The summed E-state index contributed by atoms with van der Waals surface area (Å²) in [6.07, 6.45) is -4.08. The quantitative estimate of drug-likeness (QED) is 0.762. The number of methoxy groups -OCH3 is 1. The first-order chi connectivity index (χ1) is 14.1. The number of alkyl halides is 3. The van der Waals surface area contributed by atoms with Gasteiger partial charge in [-0.2, -0.15) is 13.2 Å². The lowest BCUT2D eigenvalue weighted by Gasteiger charge is -2.33. The molecule has 1 heterocycles. The molecule has 0 bridgehead atoms. The minimum Gasteiger partial charge on any atom is -0.495 e. The van der Waals surface area contributed by atoms with Gasteiger partial charge in [-0.15, -0.1) is 0 Å². The van der Waals surface area contributed by atoms with Gasteiger partial charge in [0.25, 0.3) is 15.9 Å². The Kier molecular flexibility index (Phi) is 6.25. The normalized spacial score (nSPS) is 17.5. The molecule has 1 aliphatic heterocycles. The number of hydrogen-bond acceptors (Lipinski definition) is 4. The van der Waals surface area contributed by atoms with Gasteiger partial charge in [-0.25, -0.2) is 8.42 Å². The molecule has 1 aliphatic rings. The maximum absolute atomic E-state index is 13.0. The van der Waals surface area contributed by atoms with Crippen LogP contribution in [0.5, 0.6) is 5.75 Å². The number of para-hydroxylation sites is 2. The van der Waals surface area contributed by atoms with Crippen LogP contribution < -0.4 is 9.46 Å². The van der Waals surface area contributed by atoms with Crippen molar-refractivity contribution in [2.75, 3.05) is 24.9 Å². The molecule has 1 fully saturated rings. The van der Waals surface area contributed by atoms with Crippen molar-refractivity contribution >= 4 is 21.6 Å². The highest BCUT2D eigenvalue weighted by Crippen LogP contribution is 2.33. The van der Waals surface area contributed by atoms with Crippen LogP contribution in [0.3, 0.4) is 0 Å². The van der Waals surface area contributed by atoms with E-state index in [2.05, 4.69) is 4.72 Å². The summed E-state index contributed by atoms with van der Waals surface area (Å²) in [5.41, 5.74) is 0.390. The molecule has 0 aromatic heterocycles. The molecule has 10 heteroatoms. The highest BCUT2D eigenvalue weighted by Gasteiger charge is 2.42. The molecule has 30 heavy (non-hydrogen) atoms. The summed E-state index contributed by atoms with van der Waals surface area (Å²) in [5, 5.41) is 0. The SMILES string of the molecule is COc1ccccc1NS(=O)(=O)c1ccc(C(=O)N2CCC[C@@H](C(F)(F)F)C2)cc1. The minimum absolute atomic E-state index is 0.000913. The fraction of sp³-hybridized carbons (Fsp3) is 0.350. The number of anilines is 1. The van der Waals surface area contributed by atoms with Gasteiger partial charge in [0.2, 0.25) is 0 Å². The molecule has 0 aliphatic carbocycles. The fourth-order valence-electron chi connectivity index (χ4n) is 3.32. The third-order valence-corrected chi connectivity index (χ3v) is 6.32. The summed E-state index contributed by atoms with van der Waals surface area (Å²) in [6, 6.07) is 11.6. The van der Waals surface area contributed by atoms with Crippen LogP contribution in [0.4, 0.5) is 18.9 Å². The Bertz CT molecular complexity index is 1010. The number of hydrogen-bond donors (Lipinski definition) is 1. The van der Waals surface area contributed by atoms with Crippen LogP contribution >= 0.6 is 0 Å². The predicted molar refractivity (Wildman–Crippen MR) is 105 cm³/mol. The topological polar surface area (TPSA) is 75.7 Å². The van der Waals surface area contributed by atoms with Crippen molar-refractivity contribution in [3.05, 3.63) is 54.1 Å². The Labute approximate surface area is 172 Å². The number of benzene rings is 2. The maximum Gasteiger partial charge on any atom is 0.393 e. The average molecular weight is 442 g/mol. The van der Waals surface area contributed by atoms with Crippen molar-refractivity contribution in [3.8, 4) is 5.75 Å². The Morgan fingerprint density at radius 2 is 1.80 bits per heavy atom. The molecule has 0 spiro atoms. The van der Waals surface area contributed by atoms with Crippen molar-refractivity contribution in [2.24, 2.45) is 5.92 Å². The Morgan fingerprint density at radius 1 is 1.13 bits per heavy atom. The first-order valence-corrected chi connectivity index (χ1v) is 10.7. The van der Waals surface area contributed by atoms with Crippen LogP contribution in [0.15, 0.2) is 53.4 Å². The zero-order chi connectivity index (χ0) is 21.9. The van der Waals surface area contributed by atoms with E-state index in [9.17, 15) is 26.4 Å². The second-order valence-electron chi connectivity index (χ2n) is 6.96. The van der Waals surface area contributed by atoms with Crippen LogP contribution in [-0.4, -0.2) is 45.6 Å². The number of likely N-dealkylation sites (tertiary alicyclic amines) is 1. The standard InChI is InChI=1S/C20H21F3N2O4S/c1-29-18-7-3-2-6-17(18)24-30(27,28)16-10-8-14(9-11-16)19(26)25-12-4-5-15(13-25)20(21,22)23/h2-3,6-11,15,24H,4-5,12-13H2,1H3/t15-/m1/s1. The molecule has 1 atom stereocenters. The number of nitrogens with zero attached hydrogens (tertiary/aromatic N) is 1. The number of carbonyl (C=O) groups is 1. The molecule has 6 nitrogen and oxygen atoms in total. The predicted octanol–water partition coefficient (Wildman–Crippen LogP) is 3.91. The summed E-state index contributed by atoms with van der Waals surface area (Å²) >= 11 is 0. The number of piperidine rings is 1. The van der Waals surface area contributed by atoms with Crippen LogP contribution in [0, 0.1) is 5.92 Å². The molecule has 1 N–H and O–H groups in total. The van der Waals surface area contributed by atoms with E-state index in [1.165, 1.54) is 31.4 Å². The molecule has 162 valence electrons. The fourth-order valence-corrected chi connectivity index (χ4v) is 4.39. The lowest BCUT2D eigenvalue weighted by atomic mass is 9.97. The van der Waals surface area contributed by atoms with E-state index in [-0.39, 0.29) is 35.5 Å². The monoisotopic (exact) mass is 442 g/mol. The molecule has 2 aromatic carbocycles. The van der Waals surface area contributed by atoms with Gasteiger partial charge in [0.05, 0.1) is 23.6 Å². The second kappa shape index (κ2) is 8.55. The number of sulfonamides is 1. The van der Waals surface area contributed by atoms with Gasteiger partial charge >= 0.3 is 6.18 Å². The van der Waals surface area contributed by atoms with E-state index in [1.807, 2.05) is 0 Å². The maximum atomic E-state index is 13.0. The van der Waals surface area contributed by atoms with Crippen molar-refractivity contribution in [3.63, 3.8) is 0 Å². The summed E-state index contributed by atoms with van der Waals surface area (Å²) in [5.74, 6) is -1.75. The van der Waals surface area contributed by atoms with E-state index in [1.54, 1.807) is 24.3 Å². The summed E-state index contributed by atoms with van der Waals surface area (Å²) in [4.78, 5) is 13.7. The Morgan fingerprint density at radius 3 is 2.43 bits per heavy atom. The van der Waals surface area contributed by atoms with Gasteiger partial charge in [-0.05, 0) is 49.2 Å². The van der Waals surface area contributed by atoms with Crippen LogP contribution in [0.2, 0.25) is 0 Å². The lowest BCUT2D eigenvalue weighted by molar-refractivity contribution is -0.184.